The number of hydrogen-bond donors (Lipinski definition) is 2. The SMILES string of the molecule is CC1CC(C)CN(S(=O)(=O)c2ccc(C(=O)Nc3sc4c(c3C(N)=O)CCN(C)C4)cc2)C1. The highest BCUT2D eigenvalue weighted by Crippen LogP contribution is 2.37. The summed E-state index contributed by atoms with van der Waals surface area (Å²) in [5, 5.41) is 3.26. The van der Waals surface area contributed by atoms with E-state index < -0.39 is 21.8 Å². The number of carbonyl (C=O) groups excluding carboxylic acids is 2. The van der Waals surface area contributed by atoms with E-state index in [1.54, 1.807) is 0 Å². The van der Waals surface area contributed by atoms with Gasteiger partial charge in [0.25, 0.3) is 11.8 Å². The van der Waals surface area contributed by atoms with Gasteiger partial charge in [-0.1, -0.05) is 13.8 Å². The number of benzene rings is 1. The molecule has 0 bridgehead atoms. The Morgan fingerprint density at radius 3 is 2.36 bits per heavy atom. The number of primary amides is 1. The third kappa shape index (κ3) is 4.84. The molecule has 4 rings (SSSR count). The van der Waals surface area contributed by atoms with E-state index in [9.17, 15) is 18.0 Å². The molecule has 1 aromatic heterocycles. The molecular weight excluding hydrogens is 460 g/mol. The normalized spacial score (nSPS) is 22.0. The Hall–Kier alpha value is -2.27. The number of anilines is 1. The van der Waals surface area contributed by atoms with Crippen LogP contribution in [0.5, 0.6) is 0 Å². The smallest absolute Gasteiger partial charge is 0.256 e. The maximum Gasteiger partial charge on any atom is 0.256 e. The number of carbonyl (C=O) groups is 2. The number of amides is 2. The highest BCUT2D eigenvalue weighted by Gasteiger charge is 2.32. The highest BCUT2D eigenvalue weighted by molar-refractivity contribution is 7.89. The van der Waals surface area contributed by atoms with E-state index in [0.29, 0.717) is 54.0 Å². The number of thiophene rings is 1. The molecule has 1 aromatic carbocycles. The van der Waals surface area contributed by atoms with E-state index in [1.807, 2.05) is 7.05 Å². The second-order valence-electron chi connectivity index (χ2n) is 9.31. The molecule has 2 unspecified atom stereocenters. The second-order valence-corrected chi connectivity index (χ2v) is 12.3. The average Bonchev–Trinajstić information content (AvgIpc) is 3.10. The molecule has 1 saturated heterocycles. The number of nitrogens with zero attached hydrogens (tertiary/aromatic N) is 2. The van der Waals surface area contributed by atoms with Gasteiger partial charge in [0, 0.05) is 36.6 Å². The predicted octanol–water partition coefficient (Wildman–Crippen LogP) is 2.75. The van der Waals surface area contributed by atoms with Gasteiger partial charge in [0.1, 0.15) is 5.00 Å². The van der Waals surface area contributed by atoms with Crippen molar-refractivity contribution < 1.29 is 18.0 Å². The summed E-state index contributed by atoms with van der Waals surface area (Å²) in [5.41, 5.74) is 7.22. The first kappa shape index (κ1) is 23.9. The summed E-state index contributed by atoms with van der Waals surface area (Å²) in [6.07, 6.45) is 1.72. The number of piperidine rings is 1. The van der Waals surface area contributed by atoms with Crippen molar-refractivity contribution in [2.75, 3.05) is 32.0 Å². The Bertz CT molecular complexity index is 1160. The zero-order valence-corrected chi connectivity index (χ0v) is 20.8. The molecule has 0 spiro atoms. The van der Waals surface area contributed by atoms with E-state index >= 15 is 0 Å². The first-order valence-corrected chi connectivity index (χ1v) is 13.4. The number of fused-ring (bicyclic) bond motifs is 1. The summed E-state index contributed by atoms with van der Waals surface area (Å²) >= 11 is 1.37. The summed E-state index contributed by atoms with van der Waals surface area (Å²) in [4.78, 5) is 28.3. The van der Waals surface area contributed by atoms with Crippen LogP contribution in [0.15, 0.2) is 29.2 Å². The lowest BCUT2D eigenvalue weighted by Crippen LogP contribution is -2.42. The fourth-order valence-electron chi connectivity index (χ4n) is 4.78. The van der Waals surface area contributed by atoms with Crippen molar-refractivity contribution in [1.29, 1.82) is 0 Å². The van der Waals surface area contributed by atoms with Crippen LogP contribution in [0, 0.1) is 11.8 Å². The number of likely N-dealkylation sites (N-methyl/N-ethyl adjacent to an activating group) is 1. The van der Waals surface area contributed by atoms with Crippen molar-refractivity contribution in [3.63, 3.8) is 0 Å². The monoisotopic (exact) mass is 490 g/mol. The van der Waals surface area contributed by atoms with Crippen LogP contribution in [0.4, 0.5) is 5.00 Å². The van der Waals surface area contributed by atoms with Crippen molar-refractivity contribution in [2.24, 2.45) is 17.6 Å². The number of hydrogen-bond acceptors (Lipinski definition) is 6. The van der Waals surface area contributed by atoms with E-state index in [2.05, 4.69) is 24.1 Å². The molecule has 0 aliphatic carbocycles. The van der Waals surface area contributed by atoms with E-state index in [-0.39, 0.29) is 4.90 Å². The van der Waals surface area contributed by atoms with Gasteiger partial charge in [-0.3, -0.25) is 9.59 Å². The molecule has 3 heterocycles. The van der Waals surface area contributed by atoms with Gasteiger partial charge in [-0.25, -0.2) is 8.42 Å². The van der Waals surface area contributed by atoms with Crippen molar-refractivity contribution in [1.82, 2.24) is 9.21 Å². The number of nitrogens with one attached hydrogen (secondary N) is 1. The third-order valence-electron chi connectivity index (χ3n) is 6.31. The molecule has 0 radical (unpaired) electrons. The molecule has 2 atom stereocenters. The molecule has 2 amide bonds. The van der Waals surface area contributed by atoms with Crippen LogP contribution in [0.2, 0.25) is 0 Å². The number of nitrogens with two attached hydrogens (primary N) is 1. The van der Waals surface area contributed by atoms with Crippen molar-refractivity contribution in [3.05, 3.63) is 45.8 Å². The summed E-state index contributed by atoms with van der Waals surface area (Å²) < 4.78 is 27.7. The first-order chi connectivity index (χ1) is 15.6. The minimum Gasteiger partial charge on any atom is -0.365 e. The molecular formula is C23H30N4O4S2. The Morgan fingerprint density at radius 1 is 1.12 bits per heavy atom. The van der Waals surface area contributed by atoms with E-state index in [0.717, 1.165) is 23.4 Å². The molecule has 1 fully saturated rings. The Morgan fingerprint density at radius 2 is 1.76 bits per heavy atom. The molecule has 178 valence electrons. The van der Waals surface area contributed by atoms with Gasteiger partial charge in [0.05, 0.1) is 10.5 Å². The van der Waals surface area contributed by atoms with Crippen molar-refractivity contribution in [2.45, 2.75) is 38.1 Å². The van der Waals surface area contributed by atoms with Crippen LogP contribution in [0.25, 0.3) is 0 Å². The van der Waals surface area contributed by atoms with Gasteiger partial charge >= 0.3 is 0 Å². The fraction of sp³-hybridized carbons (Fsp3) is 0.478. The van der Waals surface area contributed by atoms with Gasteiger partial charge in [0.15, 0.2) is 0 Å². The van der Waals surface area contributed by atoms with Crippen LogP contribution in [-0.2, 0) is 23.0 Å². The number of sulfonamides is 1. The quantitative estimate of drug-likeness (QED) is 0.669. The third-order valence-corrected chi connectivity index (χ3v) is 9.29. The minimum atomic E-state index is -3.62. The van der Waals surface area contributed by atoms with Crippen LogP contribution in [0.3, 0.4) is 0 Å². The van der Waals surface area contributed by atoms with E-state index in [4.69, 9.17) is 5.73 Å². The summed E-state index contributed by atoms with van der Waals surface area (Å²) in [6.45, 7) is 6.66. The molecule has 2 aliphatic rings. The fourth-order valence-corrected chi connectivity index (χ4v) is 7.79. The summed E-state index contributed by atoms with van der Waals surface area (Å²) in [6, 6.07) is 5.95. The molecule has 2 aliphatic heterocycles. The Balaban J connectivity index is 1.53. The van der Waals surface area contributed by atoms with Gasteiger partial charge in [0.2, 0.25) is 10.0 Å². The van der Waals surface area contributed by atoms with Crippen LogP contribution < -0.4 is 11.1 Å². The minimum absolute atomic E-state index is 0.174. The summed E-state index contributed by atoms with van der Waals surface area (Å²) in [7, 11) is -1.61. The first-order valence-electron chi connectivity index (χ1n) is 11.1. The Kier molecular flexibility index (Phi) is 6.63. The largest absolute Gasteiger partial charge is 0.365 e. The second kappa shape index (κ2) is 9.17. The van der Waals surface area contributed by atoms with Gasteiger partial charge < -0.3 is 16.0 Å². The molecule has 8 nitrogen and oxygen atoms in total. The molecule has 10 heteroatoms. The van der Waals surface area contributed by atoms with Crippen LogP contribution >= 0.6 is 11.3 Å². The maximum atomic E-state index is 13.1. The number of rotatable bonds is 5. The molecule has 0 saturated carbocycles. The summed E-state index contributed by atoms with van der Waals surface area (Å²) in [5.74, 6) is -0.346. The van der Waals surface area contributed by atoms with E-state index in [1.165, 1.54) is 39.9 Å². The zero-order chi connectivity index (χ0) is 23.9. The van der Waals surface area contributed by atoms with Gasteiger partial charge in [-0.05, 0) is 61.6 Å². The lowest BCUT2D eigenvalue weighted by Gasteiger charge is -2.34. The average molecular weight is 491 g/mol. The van der Waals surface area contributed by atoms with Gasteiger partial charge in [-0.15, -0.1) is 11.3 Å². The maximum absolute atomic E-state index is 13.1. The van der Waals surface area contributed by atoms with Crippen LogP contribution in [0.1, 0.15) is 51.4 Å². The molecule has 2 aromatic rings. The lowest BCUT2D eigenvalue weighted by molar-refractivity contribution is 0.1000. The highest BCUT2D eigenvalue weighted by atomic mass is 32.2. The topological polar surface area (TPSA) is 113 Å². The van der Waals surface area contributed by atoms with Crippen molar-refractivity contribution in [3.8, 4) is 0 Å². The molecule has 3 N–H and O–H groups in total. The molecule has 33 heavy (non-hydrogen) atoms. The van der Waals surface area contributed by atoms with Gasteiger partial charge in [-0.2, -0.15) is 4.31 Å². The standard InChI is InChI=1S/C23H30N4O4S2/c1-14-10-15(2)12-27(11-14)33(30,31)17-6-4-16(5-7-17)22(29)25-23-20(21(24)28)18-8-9-26(3)13-19(18)32-23/h4-7,14-15H,8-13H2,1-3H3,(H2,24,28)(H,25,29). The zero-order valence-electron chi connectivity index (χ0n) is 19.1. The Labute approximate surface area is 198 Å². The lowest BCUT2D eigenvalue weighted by atomic mass is 9.94. The predicted molar refractivity (Wildman–Crippen MR) is 129 cm³/mol. The van der Waals surface area contributed by atoms with Crippen molar-refractivity contribution >= 4 is 38.2 Å². The van der Waals surface area contributed by atoms with Crippen LogP contribution in [-0.4, -0.2) is 56.1 Å².